The molecule has 132 valence electrons. The van der Waals surface area contributed by atoms with Crippen LogP contribution in [0.25, 0.3) is 0 Å². The standard InChI is InChI=1S/C19H22N2O4/c1-13-4-6-14(7-5-13)11-21-12-15(9-18(21)23)19(24)20-10-16(22)17-3-2-8-25-17/h2-8,15-16,22H,9-12H2,1H3,(H,20,24). The second-order valence-electron chi connectivity index (χ2n) is 6.44. The summed E-state index contributed by atoms with van der Waals surface area (Å²) in [7, 11) is 0. The van der Waals surface area contributed by atoms with Gasteiger partial charge in [-0.2, -0.15) is 0 Å². The van der Waals surface area contributed by atoms with Crippen LogP contribution < -0.4 is 5.32 Å². The maximum atomic E-state index is 12.3. The number of rotatable bonds is 6. The SMILES string of the molecule is Cc1ccc(CN2CC(C(=O)NCC(O)c3ccco3)CC2=O)cc1. The van der Waals surface area contributed by atoms with Gasteiger partial charge in [-0.15, -0.1) is 0 Å². The number of nitrogens with zero attached hydrogens (tertiary/aromatic N) is 1. The highest BCUT2D eigenvalue weighted by Gasteiger charge is 2.34. The molecule has 0 bridgehead atoms. The molecule has 6 heteroatoms. The Labute approximate surface area is 146 Å². The molecular formula is C19H22N2O4. The Morgan fingerprint density at radius 2 is 2.12 bits per heavy atom. The van der Waals surface area contributed by atoms with Crippen LogP contribution in [-0.4, -0.2) is 34.9 Å². The van der Waals surface area contributed by atoms with Crippen LogP contribution in [0.1, 0.15) is 29.4 Å². The molecule has 1 aromatic carbocycles. The van der Waals surface area contributed by atoms with Crippen molar-refractivity contribution in [3.05, 3.63) is 59.5 Å². The fourth-order valence-electron chi connectivity index (χ4n) is 2.94. The number of carbonyl (C=O) groups excluding carboxylic acids is 2. The number of aliphatic hydroxyl groups excluding tert-OH is 1. The van der Waals surface area contributed by atoms with Gasteiger partial charge in [-0.1, -0.05) is 29.8 Å². The highest BCUT2D eigenvalue weighted by atomic mass is 16.4. The minimum absolute atomic E-state index is 0.0210. The third-order valence-corrected chi connectivity index (χ3v) is 4.42. The van der Waals surface area contributed by atoms with Crippen LogP contribution in [0.2, 0.25) is 0 Å². The maximum Gasteiger partial charge on any atom is 0.225 e. The number of hydrogen-bond acceptors (Lipinski definition) is 4. The van der Waals surface area contributed by atoms with Gasteiger partial charge in [0.25, 0.3) is 0 Å². The number of likely N-dealkylation sites (tertiary alicyclic amines) is 1. The van der Waals surface area contributed by atoms with Crippen molar-refractivity contribution in [2.24, 2.45) is 5.92 Å². The zero-order valence-electron chi connectivity index (χ0n) is 14.1. The molecule has 6 nitrogen and oxygen atoms in total. The van der Waals surface area contributed by atoms with Gasteiger partial charge in [0.2, 0.25) is 11.8 Å². The molecule has 0 spiro atoms. The van der Waals surface area contributed by atoms with Crippen LogP contribution in [-0.2, 0) is 16.1 Å². The van der Waals surface area contributed by atoms with Crippen LogP contribution in [0.4, 0.5) is 0 Å². The van der Waals surface area contributed by atoms with Crippen LogP contribution in [0, 0.1) is 12.8 Å². The van der Waals surface area contributed by atoms with E-state index in [9.17, 15) is 14.7 Å². The van der Waals surface area contributed by atoms with E-state index in [4.69, 9.17) is 4.42 Å². The number of carbonyl (C=O) groups is 2. The lowest BCUT2D eigenvalue weighted by molar-refractivity contribution is -0.129. The number of furan rings is 1. The molecule has 1 aromatic heterocycles. The van der Waals surface area contributed by atoms with E-state index in [-0.39, 0.29) is 30.7 Å². The average Bonchev–Trinajstić information content (AvgIpc) is 3.25. The minimum Gasteiger partial charge on any atom is -0.467 e. The van der Waals surface area contributed by atoms with Gasteiger partial charge < -0.3 is 19.7 Å². The number of benzene rings is 1. The summed E-state index contributed by atoms with van der Waals surface area (Å²) >= 11 is 0. The van der Waals surface area contributed by atoms with E-state index in [1.807, 2.05) is 31.2 Å². The molecule has 2 aromatic rings. The molecule has 0 radical (unpaired) electrons. The lowest BCUT2D eigenvalue weighted by atomic mass is 10.1. The predicted molar refractivity (Wildman–Crippen MR) is 91.4 cm³/mol. The first-order chi connectivity index (χ1) is 12.0. The molecule has 3 rings (SSSR count). The molecule has 2 atom stereocenters. The molecule has 1 fully saturated rings. The van der Waals surface area contributed by atoms with Crippen molar-refractivity contribution in [1.82, 2.24) is 10.2 Å². The number of nitrogens with one attached hydrogen (secondary N) is 1. The molecule has 1 saturated heterocycles. The third-order valence-electron chi connectivity index (χ3n) is 4.42. The van der Waals surface area contributed by atoms with E-state index in [1.165, 1.54) is 11.8 Å². The van der Waals surface area contributed by atoms with Crippen molar-refractivity contribution in [3.8, 4) is 0 Å². The monoisotopic (exact) mass is 342 g/mol. The average molecular weight is 342 g/mol. The van der Waals surface area contributed by atoms with E-state index in [0.717, 1.165) is 5.56 Å². The Balaban J connectivity index is 1.51. The van der Waals surface area contributed by atoms with E-state index in [2.05, 4.69) is 5.32 Å². The Morgan fingerprint density at radius 3 is 2.80 bits per heavy atom. The Bertz CT molecular complexity index is 724. The van der Waals surface area contributed by atoms with Crippen LogP contribution in [0.15, 0.2) is 47.1 Å². The lowest BCUT2D eigenvalue weighted by Gasteiger charge is -2.17. The second-order valence-corrected chi connectivity index (χ2v) is 6.44. The van der Waals surface area contributed by atoms with E-state index < -0.39 is 6.10 Å². The zero-order chi connectivity index (χ0) is 17.8. The molecular weight excluding hydrogens is 320 g/mol. The fraction of sp³-hybridized carbons (Fsp3) is 0.368. The number of amides is 2. The van der Waals surface area contributed by atoms with Crippen molar-refractivity contribution in [3.63, 3.8) is 0 Å². The van der Waals surface area contributed by atoms with E-state index in [0.29, 0.717) is 18.8 Å². The number of hydrogen-bond donors (Lipinski definition) is 2. The highest BCUT2D eigenvalue weighted by Crippen LogP contribution is 2.21. The van der Waals surface area contributed by atoms with Gasteiger partial charge in [-0.25, -0.2) is 0 Å². The first-order valence-corrected chi connectivity index (χ1v) is 8.35. The Hall–Kier alpha value is -2.60. The smallest absolute Gasteiger partial charge is 0.225 e. The first-order valence-electron chi connectivity index (χ1n) is 8.35. The highest BCUT2D eigenvalue weighted by molar-refractivity contribution is 5.89. The van der Waals surface area contributed by atoms with Gasteiger partial charge in [0, 0.05) is 19.5 Å². The quantitative estimate of drug-likeness (QED) is 0.838. The van der Waals surface area contributed by atoms with Gasteiger partial charge in [-0.05, 0) is 24.6 Å². The lowest BCUT2D eigenvalue weighted by Crippen LogP contribution is -2.35. The summed E-state index contributed by atoms with van der Waals surface area (Å²) in [5.41, 5.74) is 2.22. The van der Waals surface area contributed by atoms with Crippen molar-refractivity contribution in [1.29, 1.82) is 0 Å². The largest absolute Gasteiger partial charge is 0.467 e. The van der Waals surface area contributed by atoms with Crippen molar-refractivity contribution in [2.75, 3.05) is 13.1 Å². The van der Waals surface area contributed by atoms with E-state index >= 15 is 0 Å². The predicted octanol–water partition coefficient (Wildman–Crippen LogP) is 1.79. The molecule has 2 heterocycles. The second kappa shape index (κ2) is 7.53. The third kappa shape index (κ3) is 4.28. The van der Waals surface area contributed by atoms with Gasteiger partial charge >= 0.3 is 0 Å². The van der Waals surface area contributed by atoms with Crippen LogP contribution in [0.3, 0.4) is 0 Å². The zero-order valence-corrected chi connectivity index (χ0v) is 14.1. The normalized spacial score (nSPS) is 18.4. The number of aryl methyl sites for hydroxylation is 1. The van der Waals surface area contributed by atoms with Gasteiger partial charge in [-0.3, -0.25) is 9.59 Å². The van der Waals surface area contributed by atoms with Crippen LogP contribution >= 0.6 is 0 Å². The van der Waals surface area contributed by atoms with Crippen LogP contribution in [0.5, 0.6) is 0 Å². The van der Waals surface area contributed by atoms with Gasteiger partial charge in [0.1, 0.15) is 11.9 Å². The summed E-state index contributed by atoms with van der Waals surface area (Å²) in [6, 6.07) is 11.3. The summed E-state index contributed by atoms with van der Waals surface area (Å²) in [4.78, 5) is 26.1. The number of aliphatic hydroxyl groups is 1. The summed E-state index contributed by atoms with van der Waals surface area (Å²) in [5, 5.41) is 12.6. The van der Waals surface area contributed by atoms with E-state index in [1.54, 1.807) is 17.0 Å². The topological polar surface area (TPSA) is 82.8 Å². The molecule has 2 N–H and O–H groups in total. The van der Waals surface area contributed by atoms with Crippen molar-refractivity contribution < 1.29 is 19.1 Å². The van der Waals surface area contributed by atoms with Gasteiger partial charge in [0.05, 0.1) is 18.7 Å². The summed E-state index contributed by atoms with van der Waals surface area (Å²) in [6.45, 7) is 2.99. The minimum atomic E-state index is -0.889. The molecule has 0 aliphatic carbocycles. The maximum absolute atomic E-state index is 12.3. The van der Waals surface area contributed by atoms with Crippen molar-refractivity contribution >= 4 is 11.8 Å². The molecule has 1 aliphatic rings. The Morgan fingerprint density at radius 1 is 1.36 bits per heavy atom. The van der Waals surface area contributed by atoms with Gasteiger partial charge in [0.15, 0.2) is 0 Å². The molecule has 2 unspecified atom stereocenters. The summed E-state index contributed by atoms with van der Waals surface area (Å²) in [5.74, 6) is -0.219. The molecule has 0 saturated carbocycles. The first kappa shape index (κ1) is 17.2. The molecule has 25 heavy (non-hydrogen) atoms. The molecule has 1 aliphatic heterocycles. The molecule has 2 amide bonds. The fourth-order valence-corrected chi connectivity index (χ4v) is 2.94. The Kier molecular flexibility index (Phi) is 5.19. The summed E-state index contributed by atoms with van der Waals surface area (Å²) in [6.07, 6.45) is 0.785. The van der Waals surface area contributed by atoms with Crippen molar-refractivity contribution in [2.45, 2.75) is 26.0 Å². The summed E-state index contributed by atoms with van der Waals surface area (Å²) < 4.78 is 5.10.